The summed E-state index contributed by atoms with van der Waals surface area (Å²) in [5, 5.41) is 0. The lowest BCUT2D eigenvalue weighted by atomic mass is 10.1. The molecule has 0 heterocycles. The fraction of sp³-hybridized carbons (Fsp3) is 0.588. The van der Waals surface area contributed by atoms with Gasteiger partial charge in [0.25, 0.3) is 0 Å². The van der Waals surface area contributed by atoms with Crippen LogP contribution in [0.5, 0.6) is 0 Å². The summed E-state index contributed by atoms with van der Waals surface area (Å²) in [4.78, 5) is 11.9. The van der Waals surface area contributed by atoms with E-state index < -0.39 is 0 Å². The number of Topliss-reactive ketones (excluding diaryl/α,β-unsaturated/α-hetero) is 1. The maximum atomic E-state index is 12.8. The van der Waals surface area contributed by atoms with Gasteiger partial charge in [0.2, 0.25) is 0 Å². The molecule has 0 atom stereocenters. The highest BCUT2D eigenvalue weighted by Gasteiger charge is 2.12. The summed E-state index contributed by atoms with van der Waals surface area (Å²) in [5.41, 5.74) is 0.584. The zero-order chi connectivity index (χ0) is 14.2. The lowest BCUT2D eigenvalue weighted by Crippen LogP contribution is -2.13. The summed E-state index contributed by atoms with van der Waals surface area (Å²) < 4.78 is 18.6. The van der Waals surface area contributed by atoms with Crippen LogP contribution in [-0.2, 0) is 4.74 Å². The van der Waals surface area contributed by atoms with E-state index in [2.05, 4.69) is 0 Å². The van der Waals surface area contributed by atoms with Crippen molar-refractivity contribution in [2.75, 3.05) is 6.61 Å². The molecule has 0 unspecified atom stereocenters. The minimum absolute atomic E-state index is 0.0643. The maximum Gasteiger partial charge on any atom is 0.162 e. The number of hydrogen-bond donors (Lipinski definition) is 0. The molecule has 2 nitrogen and oxygen atoms in total. The number of carbonyl (C=O) groups excluding carboxylic acids is 1. The molecule has 1 aliphatic rings. The number of hydrogen-bond acceptors (Lipinski definition) is 2. The smallest absolute Gasteiger partial charge is 0.162 e. The van der Waals surface area contributed by atoms with Crippen molar-refractivity contribution in [1.82, 2.24) is 0 Å². The first-order chi connectivity index (χ1) is 9.75. The normalized spacial score (nSPS) is 16.9. The Balaban J connectivity index is 1.65. The van der Waals surface area contributed by atoms with Crippen LogP contribution in [0.15, 0.2) is 24.3 Å². The third-order valence-electron chi connectivity index (χ3n) is 3.87. The number of ether oxygens (including phenoxy) is 1. The van der Waals surface area contributed by atoms with E-state index in [9.17, 15) is 9.18 Å². The topological polar surface area (TPSA) is 26.3 Å². The largest absolute Gasteiger partial charge is 0.378 e. The van der Waals surface area contributed by atoms with Gasteiger partial charge in [-0.3, -0.25) is 4.79 Å². The Kier molecular flexibility index (Phi) is 6.19. The molecule has 110 valence electrons. The summed E-state index contributed by atoms with van der Waals surface area (Å²) in [7, 11) is 0. The van der Waals surface area contributed by atoms with E-state index >= 15 is 0 Å². The van der Waals surface area contributed by atoms with Gasteiger partial charge in [-0.15, -0.1) is 0 Å². The summed E-state index contributed by atoms with van der Waals surface area (Å²) in [5.74, 6) is -0.243. The molecule has 0 radical (unpaired) electrons. The highest BCUT2D eigenvalue weighted by molar-refractivity contribution is 5.95. The summed E-state index contributed by atoms with van der Waals surface area (Å²) in [6.07, 6.45) is 9.09. The quantitative estimate of drug-likeness (QED) is 0.434. The first kappa shape index (κ1) is 15.2. The van der Waals surface area contributed by atoms with Gasteiger partial charge in [0.05, 0.1) is 6.10 Å². The number of rotatable bonds is 6. The second kappa shape index (κ2) is 8.15. The van der Waals surface area contributed by atoms with Crippen LogP contribution in [-0.4, -0.2) is 18.5 Å². The van der Waals surface area contributed by atoms with Gasteiger partial charge in [-0.05, 0) is 43.5 Å². The minimum Gasteiger partial charge on any atom is -0.378 e. The van der Waals surface area contributed by atoms with E-state index in [-0.39, 0.29) is 11.6 Å². The Labute approximate surface area is 120 Å². The molecule has 0 bridgehead atoms. The molecule has 0 amide bonds. The number of ketones is 1. The van der Waals surface area contributed by atoms with Gasteiger partial charge in [0.15, 0.2) is 5.78 Å². The van der Waals surface area contributed by atoms with Crippen molar-refractivity contribution in [2.24, 2.45) is 0 Å². The van der Waals surface area contributed by atoms with Gasteiger partial charge in [-0.2, -0.15) is 0 Å². The third-order valence-corrected chi connectivity index (χ3v) is 3.87. The average Bonchev–Trinajstić information content (AvgIpc) is 2.73. The van der Waals surface area contributed by atoms with E-state index in [4.69, 9.17) is 4.74 Å². The molecule has 1 aromatic rings. The standard InChI is InChI=1S/C17H23FO2/c18-15-11-9-14(10-12-15)17(19)8-5-13-20-16-6-3-1-2-4-7-16/h9-12,16H,1-8,13H2. The average molecular weight is 278 g/mol. The van der Waals surface area contributed by atoms with Gasteiger partial charge in [0, 0.05) is 18.6 Å². The molecule has 0 saturated heterocycles. The molecule has 1 fully saturated rings. The second-order valence-corrected chi connectivity index (χ2v) is 5.52. The predicted molar refractivity (Wildman–Crippen MR) is 77.4 cm³/mol. The van der Waals surface area contributed by atoms with Crippen LogP contribution in [0.4, 0.5) is 4.39 Å². The number of halogens is 1. The van der Waals surface area contributed by atoms with Crippen LogP contribution >= 0.6 is 0 Å². The van der Waals surface area contributed by atoms with Crippen LogP contribution in [0.3, 0.4) is 0 Å². The molecule has 20 heavy (non-hydrogen) atoms. The first-order valence-corrected chi connectivity index (χ1v) is 7.66. The summed E-state index contributed by atoms with van der Waals surface area (Å²) >= 11 is 0. The molecule has 3 heteroatoms. The number of benzene rings is 1. The molecule has 2 rings (SSSR count). The van der Waals surface area contributed by atoms with Crippen LogP contribution in [0, 0.1) is 5.82 Å². The Morgan fingerprint density at radius 3 is 2.40 bits per heavy atom. The zero-order valence-electron chi connectivity index (χ0n) is 11.9. The molecular formula is C17H23FO2. The van der Waals surface area contributed by atoms with Crippen molar-refractivity contribution in [3.63, 3.8) is 0 Å². The first-order valence-electron chi connectivity index (χ1n) is 7.66. The molecule has 1 aromatic carbocycles. The molecular weight excluding hydrogens is 255 g/mol. The molecule has 0 aromatic heterocycles. The summed E-state index contributed by atoms with van der Waals surface area (Å²) in [6, 6.07) is 5.75. The third kappa shape index (κ3) is 5.04. The fourth-order valence-corrected chi connectivity index (χ4v) is 2.67. The molecule has 0 spiro atoms. The van der Waals surface area contributed by atoms with E-state index in [1.807, 2.05) is 0 Å². The van der Waals surface area contributed by atoms with E-state index in [0.29, 0.717) is 24.7 Å². The second-order valence-electron chi connectivity index (χ2n) is 5.52. The Bertz CT molecular complexity index is 406. The van der Waals surface area contributed by atoms with Gasteiger partial charge in [0.1, 0.15) is 5.82 Å². The molecule has 0 N–H and O–H groups in total. The Morgan fingerprint density at radius 2 is 1.75 bits per heavy atom. The highest BCUT2D eigenvalue weighted by Crippen LogP contribution is 2.20. The van der Waals surface area contributed by atoms with Crippen LogP contribution in [0.1, 0.15) is 61.7 Å². The van der Waals surface area contributed by atoms with Crippen molar-refractivity contribution >= 4 is 5.78 Å². The van der Waals surface area contributed by atoms with E-state index in [0.717, 1.165) is 19.3 Å². The van der Waals surface area contributed by atoms with Crippen LogP contribution in [0.2, 0.25) is 0 Å². The molecule has 1 aliphatic carbocycles. The van der Waals surface area contributed by atoms with Gasteiger partial charge >= 0.3 is 0 Å². The number of carbonyl (C=O) groups is 1. The lowest BCUT2D eigenvalue weighted by Gasteiger charge is -2.14. The van der Waals surface area contributed by atoms with Crippen molar-refractivity contribution < 1.29 is 13.9 Å². The maximum absolute atomic E-state index is 12.8. The monoisotopic (exact) mass is 278 g/mol. The van der Waals surface area contributed by atoms with Crippen molar-refractivity contribution in [3.05, 3.63) is 35.6 Å². The molecule has 1 saturated carbocycles. The fourth-order valence-electron chi connectivity index (χ4n) is 2.67. The van der Waals surface area contributed by atoms with Gasteiger partial charge in [-0.25, -0.2) is 4.39 Å². The van der Waals surface area contributed by atoms with Crippen molar-refractivity contribution in [3.8, 4) is 0 Å². The lowest BCUT2D eigenvalue weighted by molar-refractivity contribution is 0.0404. The summed E-state index contributed by atoms with van der Waals surface area (Å²) in [6.45, 7) is 0.650. The Hall–Kier alpha value is -1.22. The van der Waals surface area contributed by atoms with Gasteiger partial charge in [-0.1, -0.05) is 25.7 Å². The predicted octanol–water partition coefficient (Wildman–Crippen LogP) is 4.53. The van der Waals surface area contributed by atoms with E-state index in [1.54, 1.807) is 12.1 Å². The van der Waals surface area contributed by atoms with Crippen molar-refractivity contribution in [2.45, 2.75) is 57.5 Å². The molecule has 0 aliphatic heterocycles. The minimum atomic E-state index is -0.307. The Morgan fingerprint density at radius 1 is 1.10 bits per heavy atom. The van der Waals surface area contributed by atoms with Crippen molar-refractivity contribution in [1.29, 1.82) is 0 Å². The zero-order valence-corrected chi connectivity index (χ0v) is 11.9. The SMILES string of the molecule is O=C(CCCOC1CCCCCC1)c1ccc(F)cc1. The van der Waals surface area contributed by atoms with Crippen LogP contribution in [0.25, 0.3) is 0 Å². The highest BCUT2D eigenvalue weighted by atomic mass is 19.1. The van der Waals surface area contributed by atoms with Gasteiger partial charge < -0.3 is 4.74 Å². The van der Waals surface area contributed by atoms with E-state index in [1.165, 1.54) is 37.8 Å². The van der Waals surface area contributed by atoms with Crippen LogP contribution < -0.4 is 0 Å².